The van der Waals surface area contributed by atoms with Crippen molar-refractivity contribution in [1.82, 2.24) is 15.1 Å². The third kappa shape index (κ3) is 2.49. The van der Waals surface area contributed by atoms with Crippen LogP contribution in [-0.2, 0) is 13.5 Å². The van der Waals surface area contributed by atoms with Crippen LogP contribution >= 0.6 is 11.6 Å². The number of nitrogens with zero attached hydrogens (tertiary/aromatic N) is 3. The van der Waals surface area contributed by atoms with E-state index in [0.29, 0.717) is 0 Å². The van der Waals surface area contributed by atoms with Gasteiger partial charge in [-0.1, -0.05) is 17.7 Å². The molecular formula is C14H15ClN4. The summed E-state index contributed by atoms with van der Waals surface area (Å²) in [5.74, 6) is 1.05. The highest BCUT2D eigenvalue weighted by Crippen LogP contribution is 2.28. The van der Waals surface area contributed by atoms with Crippen LogP contribution in [0.3, 0.4) is 0 Å². The first-order valence-corrected chi connectivity index (χ1v) is 6.66. The molecule has 0 saturated carbocycles. The highest BCUT2D eigenvalue weighted by molar-refractivity contribution is 6.33. The van der Waals surface area contributed by atoms with Crippen molar-refractivity contribution in [2.45, 2.75) is 6.42 Å². The fourth-order valence-corrected chi connectivity index (χ4v) is 2.49. The van der Waals surface area contributed by atoms with Gasteiger partial charge < -0.3 is 5.32 Å². The molecule has 0 spiro atoms. The molecule has 5 heteroatoms. The molecule has 1 aromatic carbocycles. The molecule has 1 aliphatic heterocycles. The smallest absolute Gasteiger partial charge is 0.101 e. The number of rotatable bonds is 3. The Morgan fingerprint density at radius 2 is 2.26 bits per heavy atom. The molecule has 2 heterocycles. The molecule has 0 radical (unpaired) electrons. The van der Waals surface area contributed by atoms with Crippen molar-refractivity contribution in [2.75, 3.05) is 13.1 Å². The Bertz CT molecular complexity index is 630. The van der Waals surface area contributed by atoms with Gasteiger partial charge in [0.1, 0.15) is 5.84 Å². The second kappa shape index (κ2) is 5.05. The zero-order chi connectivity index (χ0) is 13.2. The summed E-state index contributed by atoms with van der Waals surface area (Å²) in [5, 5.41) is 8.22. The molecule has 1 aliphatic rings. The Morgan fingerprint density at radius 1 is 1.37 bits per heavy atom. The van der Waals surface area contributed by atoms with Crippen molar-refractivity contribution in [2.24, 2.45) is 12.0 Å². The fourth-order valence-electron chi connectivity index (χ4n) is 2.28. The quantitative estimate of drug-likeness (QED) is 0.933. The summed E-state index contributed by atoms with van der Waals surface area (Å²) in [6, 6.07) is 8.07. The van der Waals surface area contributed by atoms with Gasteiger partial charge >= 0.3 is 0 Å². The highest BCUT2D eigenvalue weighted by Gasteiger charge is 2.11. The van der Waals surface area contributed by atoms with Gasteiger partial charge in [0.2, 0.25) is 0 Å². The van der Waals surface area contributed by atoms with Crippen LogP contribution in [-0.4, -0.2) is 28.7 Å². The van der Waals surface area contributed by atoms with E-state index in [9.17, 15) is 0 Å². The third-order valence-electron chi connectivity index (χ3n) is 3.24. The van der Waals surface area contributed by atoms with Crippen molar-refractivity contribution < 1.29 is 0 Å². The predicted octanol–water partition coefficient (Wildman–Crippen LogP) is 2.28. The normalized spacial score (nSPS) is 14.3. The van der Waals surface area contributed by atoms with Crippen LogP contribution < -0.4 is 5.32 Å². The number of halogens is 1. The second-order valence-corrected chi connectivity index (χ2v) is 4.99. The SMILES string of the molecule is Cn1nccc1-c1cc(CC2=NCCN2)ccc1Cl. The number of aryl methyl sites for hydroxylation is 1. The number of nitrogens with one attached hydrogen (secondary N) is 1. The Kier molecular flexibility index (Phi) is 3.25. The summed E-state index contributed by atoms with van der Waals surface area (Å²) < 4.78 is 1.83. The number of aromatic nitrogens is 2. The molecule has 0 fully saturated rings. The summed E-state index contributed by atoms with van der Waals surface area (Å²) >= 11 is 6.29. The van der Waals surface area contributed by atoms with Crippen molar-refractivity contribution in [3.05, 3.63) is 41.0 Å². The standard InChI is InChI=1S/C14H15ClN4/c1-19-13(4-5-18-19)11-8-10(2-3-12(11)15)9-14-16-6-7-17-14/h2-5,8H,6-7,9H2,1H3,(H,16,17). The van der Waals surface area contributed by atoms with E-state index in [1.54, 1.807) is 6.20 Å². The molecular weight excluding hydrogens is 260 g/mol. The molecule has 2 aromatic rings. The molecule has 0 bridgehead atoms. The van der Waals surface area contributed by atoms with Crippen molar-refractivity contribution in [1.29, 1.82) is 0 Å². The van der Waals surface area contributed by atoms with E-state index in [-0.39, 0.29) is 0 Å². The maximum atomic E-state index is 6.29. The lowest BCUT2D eigenvalue weighted by Crippen LogP contribution is -2.20. The minimum atomic E-state index is 0.744. The minimum Gasteiger partial charge on any atom is -0.372 e. The number of hydrogen-bond acceptors (Lipinski definition) is 3. The van der Waals surface area contributed by atoms with Crippen LogP contribution in [0.1, 0.15) is 5.56 Å². The molecule has 19 heavy (non-hydrogen) atoms. The second-order valence-electron chi connectivity index (χ2n) is 4.59. The summed E-state index contributed by atoms with van der Waals surface area (Å²) in [6.07, 6.45) is 2.60. The molecule has 0 saturated heterocycles. The lowest BCUT2D eigenvalue weighted by Gasteiger charge is -2.08. The van der Waals surface area contributed by atoms with E-state index in [4.69, 9.17) is 11.6 Å². The average molecular weight is 275 g/mol. The molecule has 4 nitrogen and oxygen atoms in total. The fraction of sp³-hybridized carbons (Fsp3) is 0.286. The minimum absolute atomic E-state index is 0.744. The molecule has 0 amide bonds. The Morgan fingerprint density at radius 3 is 2.95 bits per heavy atom. The first kappa shape index (κ1) is 12.2. The lowest BCUT2D eigenvalue weighted by molar-refractivity contribution is 0.776. The van der Waals surface area contributed by atoms with Crippen LogP contribution in [0.25, 0.3) is 11.3 Å². The van der Waals surface area contributed by atoms with Crippen LogP contribution in [0.2, 0.25) is 5.02 Å². The van der Waals surface area contributed by atoms with Crippen molar-refractivity contribution in [3.63, 3.8) is 0 Å². The van der Waals surface area contributed by atoms with Gasteiger partial charge in [-0.3, -0.25) is 9.67 Å². The van der Waals surface area contributed by atoms with E-state index < -0.39 is 0 Å². The van der Waals surface area contributed by atoms with Gasteiger partial charge in [0, 0.05) is 36.8 Å². The lowest BCUT2D eigenvalue weighted by atomic mass is 10.1. The summed E-state index contributed by atoms with van der Waals surface area (Å²) in [7, 11) is 1.92. The first-order chi connectivity index (χ1) is 9.24. The van der Waals surface area contributed by atoms with Crippen LogP contribution in [0.5, 0.6) is 0 Å². The molecule has 3 rings (SSSR count). The summed E-state index contributed by atoms with van der Waals surface area (Å²) in [6.45, 7) is 1.81. The molecule has 0 unspecified atom stereocenters. The van der Waals surface area contributed by atoms with Gasteiger partial charge in [-0.05, 0) is 23.8 Å². The van der Waals surface area contributed by atoms with Gasteiger partial charge in [0.05, 0.1) is 12.2 Å². The molecule has 98 valence electrons. The van der Waals surface area contributed by atoms with Crippen LogP contribution in [0.15, 0.2) is 35.5 Å². The predicted molar refractivity (Wildman–Crippen MR) is 77.7 cm³/mol. The maximum Gasteiger partial charge on any atom is 0.101 e. The Balaban J connectivity index is 1.94. The Labute approximate surface area is 117 Å². The number of hydrogen-bond donors (Lipinski definition) is 1. The maximum absolute atomic E-state index is 6.29. The van der Waals surface area contributed by atoms with Gasteiger partial charge in [0.25, 0.3) is 0 Å². The highest BCUT2D eigenvalue weighted by atomic mass is 35.5. The van der Waals surface area contributed by atoms with Gasteiger partial charge in [-0.2, -0.15) is 5.10 Å². The molecule has 0 aliphatic carbocycles. The number of benzene rings is 1. The van der Waals surface area contributed by atoms with Crippen LogP contribution in [0, 0.1) is 0 Å². The van der Waals surface area contributed by atoms with E-state index in [2.05, 4.69) is 21.5 Å². The van der Waals surface area contributed by atoms with Gasteiger partial charge in [-0.25, -0.2) is 0 Å². The van der Waals surface area contributed by atoms with E-state index in [1.165, 1.54) is 5.56 Å². The summed E-state index contributed by atoms with van der Waals surface area (Å²) in [4.78, 5) is 4.42. The monoisotopic (exact) mass is 274 g/mol. The number of aliphatic imine (C=N–C) groups is 1. The van der Waals surface area contributed by atoms with E-state index in [1.807, 2.05) is 29.9 Å². The van der Waals surface area contributed by atoms with E-state index >= 15 is 0 Å². The van der Waals surface area contributed by atoms with Crippen molar-refractivity contribution >= 4 is 17.4 Å². The Hall–Kier alpha value is -1.81. The van der Waals surface area contributed by atoms with Gasteiger partial charge in [-0.15, -0.1) is 0 Å². The third-order valence-corrected chi connectivity index (χ3v) is 3.57. The van der Waals surface area contributed by atoms with Gasteiger partial charge in [0.15, 0.2) is 0 Å². The topological polar surface area (TPSA) is 42.2 Å². The molecule has 0 atom stereocenters. The number of amidine groups is 1. The zero-order valence-electron chi connectivity index (χ0n) is 10.7. The zero-order valence-corrected chi connectivity index (χ0v) is 11.5. The first-order valence-electron chi connectivity index (χ1n) is 6.28. The van der Waals surface area contributed by atoms with Crippen molar-refractivity contribution in [3.8, 4) is 11.3 Å². The molecule has 1 aromatic heterocycles. The van der Waals surface area contributed by atoms with E-state index in [0.717, 1.165) is 41.6 Å². The molecule has 1 N–H and O–H groups in total. The summed E-state index contributed by atoms with van der Waals surface area (Å²) in [5.41, 5.74) is 3.24. The average Bonchev–Trinajstić information content (AvgIpc) is 3.03. The largest absolute Gasteiger partial charge is 0.372 e. The van der Waals surface area contributed by atoms with Crippen LogP contribution in [0.4, 0.5) is 0 Å².